The molecule has 0 N–H and O–H groups in total. The van der Waals surface area contributed by atoms with Crippen molar-refractivity contribution < 1.29 is 14.3 Å². The minimum absolute atomic E-state index is 0.110. The number of hydrogen-bond acceptors (Lipinski definition) is 6. The van der Waals surface area contributed by atoms with Gasteiger partial charge in [-0.2, -0.15) is 0 Å². The maximum absolute atomic E-state index is 12.5. The smallest absolute Gasteiger partial charge is 0.306 e. The van der Waals surface area contributed by atoms with Crippen molar-refractivity contribution in [3.63, 3.8) is 0 Å². The van der Waals surface area contributed by atoms with Crippen molar-refractivity contribution in [1.82, 2.24) is 14.8 Å². The van der Waals surface area contributed by atoms with Gasteiger partial charge < -0.3 is 14.5 Å². The van der Waals surface area contributed by atoms with Gasteiger partial charge in [-0.05, 0) is 50.8 Å². The van der Waals surface area contributed by atoms with Gasteiger partial charge in [-0.1, -0.05) is 0 Å². The van der Waals surface area contributed by atoms with Crippen LogP contribution in [0, 0.1) is 5.92 Å². The highest BCUT2D eigenvalue weighted by molar-refractivity contribution is 5.76. The summed E-state index contributed by atoms with van der Waals surface area (Å²) < 4.78 is 5.03. The second-order valence-corrected chi connectivity index (χ2v) is 7.97. The Hall–Kier alpha value is -2.15. The quantitative estimate of drug-likeness (QED) is 0.621. The Morgan fingerprint density at radius 2 is 1.76 bits per heavy atom. The first kappa shape index (κ1) is 21.6. The monoisotopic (exact) mass is 402 g/mol. The number of hydrogen-bond donors (Lipinski definition) is 0. The summed E-state index contributed by atoms with van der Waals surface area (Å²) in [7, 11) is 0. The van der Waals surface area contributed by atoms with Gasteiger partial charge in [0.2, 0.25) is 5.91 Å². The summed E-state index contributed by atoms with van der Waals surface area (Å²) in [5.74, 6) is 0.506. The Balaban J connectivity index is 1.28. The molecule has 0 aliphatic carbocycles. The molecule has 2 aliphatic rings. The molecule has 1 amide bonds. The van der Waals surface area contributed by atoms with Crippen LogP contribution in [0.4, 0.5) is 5.69 Å². The van der Waals surface area contributed by atoms with Crippen LogP contribution in [0.1, 0.15) is 39.0 Å². The topological polar surface area (TPSA) is 66.0 Å². The van der Waals surface area contributed by atoms with Crippen LogP contribution in [0.3, 0.4) is 0 Å². The third-order valence-corrected chi connectivity index (χ3v) is 5.99. The molecule has 3 heterocycles. The third kappa shape index (κ3) is 6.70. The summed E-state index contributed by atoms with van der Waals surface area (Å²) in [6.07, 6.45) is 7.51. The van der Waals surface area contributed by atoms with E-state index in [0.29, 0.717) is 25.4 Å². The fourth-order valence-corrected chi connectivity index (χ4v) is 4.24. The maximum atomic E-state index is 12.5. The van der Waals surface area contributed by atoms with Crippen LogP contribution in [0.2, 0.25) is 0 Å². The van der Waals surface area contributed by atoms with Crippen LogP contribution in [0.5, 0.6) is 0 Å². The lowest BCUT2D eigenvalue weighted by Crippen LogP contribution is -2.46. The Morgan fingerprint density at radius 1 is 1.07 bits per heavy atom. The summed E-state index contributed by atoms with van der Waals surface area (Å²) in [4.78, 5) is 35.0. The molecule has 0 bridgehead atoms. The second-order valence-electron chi connectivity index (χ2n) is 7.97. The summed E-state index contributed by atoms with van der Waals surface area (Å²) in [5, 5.41) is 0. The van der Waals surface area contributed by atoms with Gasteiger partial charge in [0.05, 0.1) is 6.61 Å². The van der Waals surface area contributed by atoms with E-state index in [1.807, 2.05) is 24.2 Å². The first-order valence-electron chi connectivity index (χ1n) is 11.0. The van der Waals surface area contributed by atoms with Gasteiger partial charge in [-0.3, -0.25) is 19.5 Å². The van der Waals surface area contributed by atoms with Crippen molar-refractivity contribution in [3.05, 3.63) is 24.5 Å². The van der Waals surface area contributed by atoms with Crippen molar-refractivity contribution in [2.24, 2.45) is 5.92 Å². The summed E-state index contributed by atoms with van der Waals surface area (Å²) in [6, 6.07) is 4.12. The van der Waals surface area contributed by atoms with E-state index in [1.54, 1.807) is 0 Å². The SMILES string of the molecule is CCOC(=O)CC1CCN(C(=O)CCCN2CCN(c3ccncc3)CC2)CC1. The number of rotatable bonds is 8. The highest BCUT2D eigenvalue weighted by Gasteiger charge is 2.25. The predicted molar refractivity (Wildman–Crippen MR) is 113 cm³/mol. The molecule has 2 saturated heterocycles. The van der Waals surface area contributed by atoms with Gasteiger partial charge in [0, 0.05) is 70.2 Å². The number of anilines is 1. The van der Waals surface area contributed by atoms with Crippen LogP contribution >= 0.6 is 0 Å². The van der Waals surface area contributed by atoms with Gasteiger partial charge in [0.25, 0.3) is 0 Å². The minimum Gasteiger partial charge on any atom is -0.466 e. The summed E-state index contributed by atoms with van der Waals surface area (Å²) in [5.41, 5.74) is 1.24. The number of carbonyl (C=O) groups excluding carboxylic acids is 2. The van der Waals surface area contributed by atoms with Crippen LogP contribution in [-0.4, -0.2) is 79.1 Å². The number of pyridine rings is 1. The molecule has 0 radical (unpaired) electrons. The average molecular weight is 403 g/mol. The Morgan fingerprint density at radius 3 is 2.41 bits per heavy atom. The van der Waals surface area contributed by atoms with E-state index in [-0.39, 0.29) is 11.9 Å². The van der Waals surface area contributed by atoms with E-state index >= 15 is 0 Å². The third-order valence-electron chi connectivity index (χ3n) is 5.99. The van der Waals surface area contributed by atoms with E-state index in [1.165, 1.54) is 5.69 Å². The molecule has 2 aliphatic heterocycles. The molecule has 0 unspecified atom stereocenters. The van der Waals surface area contributed by atoms with Gasteiger partial charge in [0.15, 0.2) is 0 Å². The maximum Gasteiger partial charge on any atom is 0.306 e. The molecule has 3 rings (SSSR count). The van der Waals surface area contributed by atoms with Crippen molar-refractivity contribution in [1.29, 1.82) is 0 Å². The number of piperidine rings is 1. The molecular formula is C22H34N4O3. The second kappa shape index (κ2) is 11.1. The van der Waals surface area contributed by atoms with Gasteiger partial charge in [-0.15, -0.1) is 0 Å². The molecule has 0 aromatic carbocycles. The van der Waals surface area contributed by atoms with Crippen molar-refractivity contribution in [2.75, 3.05) is 57.3 Å². The van der Waals surface area contributed by atoms with E-state index in [9.17, 15) is 9.59 Å². The Labute approximate surface area is 174 Å². The molecule has 1 aromatic heterocycles. The first-order valence-corrected chi connectivity index (χ1v) is 11.0. The molecule has 7 heteroatoms. The van der Waals surface area contributed by atoms with E-state index < -0.39 is 0 Å². The van der Waals surface area contributed by atoms with Crippen molar-refractivity contribution >= 4 is 17.6 Å². The molecule has 0 spiro atoms. The predicted octanol–water partition coefficient (Wildman–Crippen LogP) is 2.18. The molecule has 0 saturated carbocycles. The van der Waals surface area contributed by atoms with Crippen molar-refractivity contribution in [2.45, 2.75) is 39.0 Å². The lowest BCUT2D eigenvalue weighted by molar-refractivity contribution is -0.144. The summed E-state index contributed by atoms with van der Waals surface area (Å²) >= 11 is 0. The number of esters is 1. The number of aromatic nitrogens is 1. The van der Waals surface area contributed by atoms with E-state index in [0.717, 1.165) is 65.1 Å². The summed E-state index contributed by atoms with van der Waals surface area (Å²) in [6.45, 7) is 8.91. The van der Waals surface area contributed by atoms with Crippen LogP contribution in [-0.2, 0) is 14.3 Å². The molecule has 7 nitrogen and oxygen atoms in total. The lowest BCUT2D eigenvalue weighted by Gasteiger charge is -2.36. The molecule has 2 fully saturated rings. The molecule has 1 aromatic rings. The van der Waals surface area contributed by atoms with Crippen LogP contribution in [0.15, 0.2) is 24.5 Å². The van der Waals surface area contributed by atoms with Crippen molar-refractivity contribution in [3.8, 4) is 0 Å². The fraction of sp³-hybridized carbons (Fsp3) is 0.682. The standard InChI is InChI=1S/C22H34N4O3/c1-2-29-22(28)18-19-7-12-26(13-8-19)21(27)4-3-11-24-14-16-25(17-15-24)20-5-9-23-10-6-20/h5-6,9-10,19H,2-4,7-8,11-18H2,1H3. The largest absolute Gasteiger partial charge is 0.466 e. The number of amides is 1. The van der Waals surface area contributed by atoms with Gasteiger partial charge in [-0.25, -0.2) is 0 Å². The van der Waals surface area contributed by atoms with Crippen LogP contribution in [0.25, 0.3) is 0 Å². The average Bonchev–Trinajstić information content (AvgIpc) is 2.75. The molecule has 29 heavy (non-hydrogen) atoms. The van der Waals surface area contributed by atoms with Gasteiger partial charge in [0.1, 0.15) is 0 Å². The zero-order valence-corrected chi connectivity index (χ0v) is 17.6. The number of likely N-dealkylation sites (tertiary alicyclic amines) is 1. The number of ether oxygens (including phenoxy) is 1. The Kier molecular flexibility index (Phi) is 8.28. The highest BCUT2D eigenvalue weighted by atomic mass is 16.5. The highest BCUT2D eigenvalue weighted by Crippen LogP contribution is 2.22. The number of nitrogens with zero attached hydrogens (tertiary/aromatic N) is 4. The van der Waals surface area contributed by atoms with Crippen LogP contribution < -0.4 is 4.90 Å². The molecular weight excluding hydrogens is 368 g/mol. The first-order chi connectivity index (χ1) is 14.2. The zero-order chi connectivity index (χ0) is 20.5. The molecule has 0 atom stereocenters. The van der Waals surface area contributed by atoms with E-state index in [2.05, 4.69) is 26.9 Å². The molecule has 160 valence electrons. The number of carbonyl (C=O) groups is 2. The van der Waals surface area contributed by atoms with E-state index in [4.69, 9.17) is 4.74 Å². The normalized spacial score (nSPS) is 18.7. The van der Waals surface area contributed by atoms with Gasteiger partial charge >= 0.3 is 5.97 Å². The zero-order valence-electron chi connectivity index (χ0n) is 17.6. The minimum atomic E-state index is -0.110. The number of piperazine rings is 1. The Bertz CT molecular complexity index is 639. The lowest BCUT2D eigenvalue weighted by atomic mass is 9.93. The fourth-order valence-electron chi connectivity index (χ4n) is 4.24.